The summed E-state index contributed by atoms with van der Waals surface area (Å²) in [5.74, 6) is 0. The molecule has 0 aliphatic rings. The van der Waals surface area contributed by atoms with Crippen LogP contribution in [0.3, 0.4) is 0 Å². The van der Waals surface area contributed by atoms with Crippen LogP contribution in [-0.2, 0) is 4.79 Å². The van der Waals surface area contributed by atoms with E-state index in [2.05, 4.69) is 0 Å². The average molecular weight is 94.0 g/mol. The summed E-state index contributed by atoms with van der Waals surface area (Å²) in [6.07, 6.45) is 1.76. The second-order valence-corrected chi connectivity index (χ2v) is 0.465. The Morgan fingerprint density at radius 3 is 2.00 bits per heavy atom. The summed E-state index contributed by atoms with van der Waals surface area (Å²) in [4.78, 5) is 9.12. The van der Waals surface area contributed by atoms with Crippen molar-refractivity contribution in [1.82, 2.24) is 0 Å². The number of allylic oxidation sites excluding steroid dienone is 1. The minimum Gasteiger partial charge on any atom is -0.878 e. The van der Waals surface area contributed by atoms with Crippen LogP contribution in [0.2, 0.25) is 0 Å². The Labute approximate surface area is 58.1 Å². The van der Waals surface area contributed by atoms with Gasteiger partial charge in [-0.3, -0.25) is 4.79 Å². The number of hydrogen-bond donors (Lipinski definition) is 0. The van der Waals surface area contributed by atoms with Gasteiger partial charge in [-0.1, -0.05) is 0 Å². The molecule has 0 aromatic heterocycles. The van der Waals surface area contributed by atoms with Crippen LogP contribution in [0, 0.1) is 0 Å². The van der Waals surface area contributed by atoms with Crippen LogP contribution in [0.4, 0.5) is 0 Å². The first-order chi connectivity index (χ1) is 2.41. The summed E-state index contributed by atoms with van der Waals surface area (Å²) < 4.78 is 0. The van der Waals surface area contributed by atoms with Gasteiger partial charge >= 0.3 is 29.6 Å². The van der Waals surface area contributed by atoms with E-state index in [1.54, 1.807) is 0 Å². The molecule has 6 heavy (non-hydrogen) atoms. The summed E-state index contributed by atoms with van der Waals surface area (Å²) >= 11 is 0. The van der Waals surface area contributed by atoms with E-state index < -0.39 is 0 Å². The van der Waals surface area contributed by atoms with Crippen molar-refractivity contribution < 1.29 is 39.5 Å². The van der Waals surface area contributed by atoms with Crippen LogP contribution in [0.1, 0.15) is 0 Å². The molecule has 0 N–H and O–H groups in total. The molecule has 0 spiro atoms. The summed E-state index contributed by atoms with van der Waals surface area (Å²) in [6, 6.07) is 0. The van der Waals surface area contributed by atoms with Gasteiger partial charge in [0.1, 0.15) is 6.29 Å². The molecule has 0 atom stereocenters. The molecule has 2 nitrogen and oxygen atoms in total. The predicted octanol–water partition coefficient (Wildman–Crippen LogP) is -3.94. The number of aldehydes is 1. The number of carbonyl (C=O) groups is 1. The van der Waals surface area contributed by atoms with E-state index in [4.69, 9.17) is 9.90 Å². The molecule has 0 aromatic carbocycles. The molecule has 0 saturated carbocycles. The minimum atomic E-state index is 0. The van der Waals surface area contributed by atoms with E-state index in [0.717, 1.165) is 6.08 Å². The molecule has 28 valence electrons. The Hall–Kier alpha value is 0.210. The van der Waals surface area contributed by atoms with Gasteiger partial charge in [0.2, 0.25) is 0 Å². The Bertz CT molecular complexity index is 50.8. The van der Waals surface area contributed by atoms with Crippen LogP contribution in [0.15, 0.2) is 12.3 Å². The van der Waals surface area contributed by atoms with Crippen molar-refractivity contribution in [2.24, 2.45) is 0 Å². The minimum absolute atomic E-state index is 0. The van der Waals surface area contributed by atoms with Gasteiger partial charge in [-0.2, -0.15) is 0 Å². The van der Waals surface area contributed by atoms with Crippen LogP contribution in [-0.4, -0.2) is 6.29 Å². The first-order valence-corrected chi connectivity index (χ1v) is 1.14. The van der Waals surface area contributed by atoms with Gasteiger partial charge in [0.15, 0.2) is 0 Å². The molecule has 0 fully saturated rings. The fourth-order valence-corrected chi connectivity index (χ4v) is 0.0321. The van der Waals surface area contributed by atoms with Crippen LogP contribution in [0.5, 0.6) is 0 Å². The smallest absolute Gasteiger partial charge is 0.878 e. The first kappa shape index (κ1) is 9.51. The fraction of sp³-hybridized carbons (Fsp3) is 0. The molecule has 0 saturated heterocycles. The Morgan fingerprint density at radius 1 is 1.50 bits per heavy atom. The molecule has 3 heteroatoms. The monoisotopic (exact) mass is 94.0 g/mol. The van der Waals surface area contributed by atoms with Gasteiger partial charge in [0, 0.05) is 0 Å². The molecule has 0 amide bonds. The third kappa shape index (κ3) is 8.88. The van der Waals surface area contributed by atoms with E-state index in [1.807, 2.05) is 0 Å². The molecule has 0 aromatic rings. The Morgan fingerprint density at radius 2 is 2.00 bits per heavy atom. The van der Waals surface area contributed by atoms with E-state index in [1.165, 1.54) is 0 Å². The second-order valence-electron chi connectivity index (χ2n) is 0.465. The second kappa shape index (κ2) is 8.96. The third-order valence-electron chi connectivity index (χ3n) is 0.157. The van der Waals surface area contributed by atoms with Crippen molar-refractivity contribution in [3.05, 3.63) is 12.3 Å². The van der Waals surface area contributed by atoms with Crippen molar-refractivity contribution >= 4 is 6.29 Å². The average Bonchev–Trinajstić information content (AvgIpc) is 1.41. The largest absolute Gasteiger partial charge is 1.00 e. The predicted molar refractivity (Wildman–Crippen MR) is 15.2 cm³/mol. The van der Waals surface area contributed by atoms with Crippen LogP contribution < -0.4 is 34.7 Å². The normalized spacial score (nSPS) is 7.33. The standard InChI is InChI=1S/C3H4O2.Na/c4-2-1-3-5;/h1-4H;/q;+1/p-1. The molecule has 0 rings (SSSR count). The van der Waals surface area contributed by atoms with Gasteiger partial charge in [-0.25, -0.2) is 0 Å². The zero-order chi connectivity index (χ0) is 4.12. The molecule has 0 heterocycles. The number of rotatable bonds is 1. The molecule has 0 aliphatic carbocycles. The van der Waals surface area contributed by atoms with Gasteiger partial charge < -0.3 is 5.11 Å². The van der Waals surface area contributed by atoms with Gasteiger partial charge in [0.05, 0.1) is 0 Å². The molecule has 0 aliphatic heterocycles. The van der Waals surface area contributed by atoms with E-state index in [-0.39, 0.29) is 29.6 Å². The molecule has 0 unspecified atom stereocenters. The summed E-state index contributed by atoms with van der Waals surface area (Å²) in [5.41, 5.74) is 0. The van der Waals surface area contributed by atoms with Crippen LogP contribution >= 0.6 is 0 Å². The maximum Gasteiger partial charge on any atom is 1.00 e. The topological polar surface area (TPSA) is 40.1 Å². The summed E-state index contributed by atoms with van der Waals surface area (Å²) in [6.45, 7) is 0. The van der Waals surface area contributed by atoms with Gasteiger partial charge in [-0.05, 0) is 6.08 Å². The quantitative estimate of drug-likeness (QED) is 0.144. The van der Waals surface area contributed by atoms with Crippen molar-refractivity contribution in [2.75, 3.05) is 0 Å². The summed E-state index contributed by atoms with van der Waals surface area (Å²) in [5, 5.41) is 9.12. The van der Waals surface area contributed by atoms with Gasteiger partial charge in [0.25, 0.3) is 0 Å². The van der Waals surface area contributed by atoms with Crippen molar-refractivity contribution in [3.8, 4) is 0 Å². The zero-order valence-corrected chi connectivity index (χ0v) is 5.55. The SMILES string of the molecule is O=CC=C[O-].[Na+]. The van der Waals surface area contributed by atoms with E-state index in [0.29, 0.717) is 12.5 Å². The number of carbonyl (C=O) groups excluding carboxylic acids is 1. The third-order valence-corrected chi connectivity index (χ3v) is 0.157. The van der Waals surface area contributed by atoms with E-state index in [9.17, 15) is 0 Å². The fourth-order valence-electron chi connectivity index (χ4n) is 0.0321. The molecule has 0 radical (unpaired) electrons. The number of hydrogen-bond acceptors (Lipinski definition) is 2. The summed E-state index contributed by atoms with van der Waals surface area (Å²) in [7, 11) is 0. The van der Waals surface area contributed by atoms with Crippen molar-refractivity contribution in [1.29, 1.82) is 0 Å². The molecule has 0 bridgehead atoms. The maximum absolute atomic E-state index is 9.12. The van der Waals surface area contributed by atoms with Crippen LogP contribution in [0.25, 0.3) is 0 Å². The van der Waals surface area contributed by atoms with E-state index >= 15 is 0 Å². The molecular weight excluding hydrogens is 91.0 g/mol. The zero-order valence-electron chi connectivity index (χ0n) is 3.55. The Kier molecular flexibility index (Phi) is 14.2. The Balaban J connectivity index is 0. The maximum atomic E-state index is 9.12. The van der Waals surface area contributed by atoms with Crippen molar-refractivity contribution in [2.45, 2.75) is 0 Å². The first-order valence-electron chi connectivity index (χ1n) is 1.14. The van der Waals surface area contributed by atoms with Gasteiger partial charge in [-0.15, -0.1) is 6.26 Å². The van der Waals surface area contributed by atoms with Crippen molar-refractivity contribution in [3.63, 3.8) is 0 Å². The molecular formula is C3H3NaO2.